The van der Waals surface area contributed by atoms with E-state index in [4.69, 9.17) is 5.73 Å². The number of nitrogens with two attached hydrogens (primary N) is 1. The molecule has 0 spiro atoms. The third-order valence-electron chi connectivity index (χ3n) is 3.52. The average molecular weight is 248 g/mol. The Morgan fingerprint density at radius 2 is 2.17 bits per heavy atom. The van der Waals surface area contributed by atoms with Crippen LogP contribution < -0.4 is 11.1 Å². The van der Waals surface area contributed by atoms with E-state index in [9.17, 15) is 0 Å². The van der Waals surface area contributed by atoms with E-state index < -0.39 is 0 Å². The van der Waals surface area contributed by atoms with Gasteiger partial charge in [0.2, 0.25) is 0 Å². The monoisotopic (exact) mass is 248 g/mol. The van der Waals surface area contributed by atoms with E-state index in [1.807, 2.05) is 0 Å². The van der Waals surface area contributed by atoms with Crippen molar-refractivity contribution in [3.63, 3.8) is 0 Å². The molecule has 2 nitrogen and oxygen atoms in total. The van der Waals surface area contributed by atoms with Crippen molar-refractivity contribution in [3.8, 4) is 0 Å². The zero-order valence-corrected chi connectivity index (χ0v) is 11.7. The molecule has 1 unspecified atom stereocenters. The highest BCUT2D eigenvalue weighted by molar-refractivity contribution is 5.27. The Labute approximate surface area is 112 Å². The number of rotatable bonds is 9. The second kappa shape index (κ2) is 10.1. The lowest BCUT2D eigenvalue weighted by molar-refractivity contribution is 0.425. The van der Waals surface area contributed by atoms with Crippen molar-refractivity contribution in [2.45, 2.75) is 39.0 Å². The van der Waals surface area contributed by atoms with Crippen molar-refractivity contribution in [2.75, 3.05) is 19.6 Å². The minimum atomic E-state index is 0.737. The molecular weight excluding hydrogens is 220 g/mol. The first kappa shape index (κ1) is 15.2. The minimum Gasteiger partial charge on any atom is -0.329 e. The molecule has 1 rings (SSSR count). The van der Waals surface area contributed by atoms with Crippen LogP contribution in [0, 0.1) is 5.92 Å². The molecule has 0 saturated heterocycles. The highest BCUT2D eigenvalue weighted by Gasteiger charge is 2.06. The maximum Gasteiger partial charge on any atom is 0.00745 e. The highest BCUT2D eigenvalue weighted by Crippen LogP contribution is 2.20. The Morgan fingerprint density at radius 3 is 2.94 bits per heavy atom. The normalized spacial score (nSPS) is 16.4. The van der Waals surface area contributed by atoms with Gasteiger partial charge in [0.05, 0.1) is 0 Å². The molecular formula is C16H28N2. The SMILES string of the molecule is CCC(CCNCCN)CCC1=CC=CCC=C1. The molecule has 0 saturated carbocycles. The molecule has 0 bridgehead atoms. The molecule has 0 radical (unpaired) electrons. The van der Waals surface area contributed by atoms with Gasteiger partial charge in [-0.05, 0) is 43.7 Å². The van der Waals surface area contributed by atoms with Crippen molar-refractivity contribution in [3.05, 3.63) is 36.0 Å². The molecule has 0 aromatic heterocycles. The van der Waals surface area contributed by atoms with Crippen LogP contribution in [0.3, 0.4) is 0 Å². The predicted octanol–water partition coefficient (Wildman–Crippen LogP) is 3.17. The van der Waals surface area contributed by atoms with E-state index in [0.717, 1.165) is 32.0 Å². The summed E-state index contributed by atoms with van der Waals surface area (Å²) in [6.45, 7) is 5.07. The lowest BCUT2D eigenvalue weighted by atomic mass is 9.94. The van der Waals surface area contributed by atoms with Gasteiger partial charge in [0.15, 0.2) is 0 Å². The third kappa shape index (κ3) is 6.77. The van der Waals surface area contributed by atoms with Gasteiger partial charge in [0, 0.05) is 13.1 Å². The van der Waals surface area contributed by atoms with Crippen LogP contribution in [0.1, 0.15) is 39.0 Å². The highest BCUT2D eigenvalue weighted by atomic mass is 14.9. The number of allylic oxidation sites excluding steroid dienone is 6. The Morgan fingerprint density at radius 1 is 1.28 bits per heavy atom. The smallest absolute Gasteiger partial charge is 0.00745 e. The molecule has 0 amide bonds. The van der Waals surface area contributed by atoms with Crippen molar-refractivity contribution in [1.29, 1.82) is 0 Å². The molecule has 0 aliphatic heterocycles. The van der Waals surface area contributed by atoms with E-state index in [2.05, 4.69) is 42.6 Å². The van der Waals surface area contributed by atoms with Crippen molar-refractivity contribution < 1.29 is 0 Å². The second-order valence-corrected chi connectivity index (χ2v) is 4.95. The van der Waals surface area contributed by atoms with Gasteiger partial charge in [-0.3, -0.25) is 0 Å². The molecule has 0 fully saturated rings. The van der Waals surface area contributed by atoms with Crippen LogP contribution in [0.15, 0.2) is 36.0 Å². The third-order valence-corrected chi connectivity index (χ3v) is 3.52. The summed E-state index contributed by atoms with van der Waals surface area (Å²) in [6, 6.07) is 0. The van der Waals surface area contributed by atoms with Gasteiger partial charge in [-0.15, -0.1) is 0 Å². The molecule has 2 heteroatoms. The lowest BCUT2D eigenvalue weighted by Gasteiger charge is -2.15. The maximum absolute atomic E-state index is 5.46. The summed E-state index contributed by atoms with van der Waals surface area (Å²) in [5.41, 5.74) is 6.93. The summed E-state index contributed by atoms with van der Waals surface area (Å²) in [7, 11) is 0. The fourth-order valence-corrected chi connectivity index (χ4v) is 2.25. The number of hydrogen-bond acceptors (Lipinski definition) is 2. The van der Waals surface area contributed by atoms with Gasteiger partial charge >= 0.3 is 0 Å². The Hall–Kier alpha value is -0.860. The summed E-state index contributed by atoms with van der Waals surface area (Å²) < 4.78 is 0. The topological polar surface area (TPSA) is 38.0 Å². The van der Waals surface area contributed by atoms with Crippen LogP contribution in [0.5, 0.6) is 0 Å². The molecule has 3 N–H and O–H groups in total. The zero-order valence-electron chi connectivity index (χ0n) is 11.7. The quantitative estimate of drug-likeness (QED) is 0.615. The van der Waals surface area contributed by atoms with Crippen molar-refractivity contribution >= 4 is 0 Å². The van der Waals surface area contributed by atoms with Gasteiger partial charge in [-0.1, -0.05) is 43.7 Å². The summed E-state index contributed by atoms with van der Waals surface area (Å²) in [6.07, 6.45) is 17.3. The number of hydrogen-bond donors (Lipinski definition) is 2. The molecule has 1 aliphatic carbocycles. The molecule has 1 atom stereocenters. The van der Waals surface area contributed by atoms with Crippen LogP contribution >= 0.6 is 0 Å². The van der Waals surface area contributed by atoms with E-state index >= 15 is 0 Å². The van der Waals surface area contributed by atoms with Gasteiger partial charge in [0.1, 0.15) is 0 Å². The second-order valence-electron chi connectivity index (χ2n) is 4.95. The van der Waals surface area contributed by atoms with E-state index in [0.29, 0.717) is 0 Å². The first-order valence-corrected chi connectivity index (χ1v) is 7.29. The number of nitrogens with one attached hydrogen (secondary N) is 1. The van der Waals surface area contributed by atoms with Crippen LogP contribution in [0.25, 0.3) is 0 Å². The largest absolute Gasteiger partial charge is 0.329 e. The predicted molar refractivity (Wildman–Crippen MR) is 80.5 cm³/mol. The first-order valence-electron chi connectivity index (χ1n) is 7.29. The summed E-state index contributed by atoms with van der Waals surface area (Å²) in [4.78, 5) is 0. The van der Waals surface area contributed by atoms with Crippen molar-refractivity contribution in [1.82, 2.24) is 5.32 Å². The summed E-state index contributed by atoms with van der Waals surface area (Å²) in [5.74, 6) is 0.830. The molecule has 1 aliphatic rings. The fraction of sp³-hybridized carbons (Fsp3) is 0.625. The van der Waals surface area contributed by atoms with Crippen molar-refractivity contribution in [2.24, 2.45) is 11.7 Å². The standard InChI is InChI=1S/C16H28N2/c1-2-15(11-13-18-14-12-17)9-10-16-7-5-3-4-6-8-16/h3,5-8,15,18H,2,4,9-14,17H2,1H3. The van der Waals surface area contributed by atoms with Gasteiger partial charge < -0.3 is 11.1 Å². The van der Waals surface area contributed by atoms with Crippen LogP contribution in [-0.2, 0) is 0 Å². The molecule has 18 heavy (non-hydrogen) atoms. The minimum absolute atomic E-state index is 0.737. The first-order chi connectivity index (χ1) is 8.86. The summed E-state index contributed by atoms with van der Waals surface area (Å²) in [5, 5.41) is 3.38. The Bertz CT molecular complexity index is 289. The fourth-order valence-electron chi connectivity index (χ4n) is 2.25. The Balaban J connectivity index is 2.21. The van der Waals surface area contributed by atoms with Gasteiger partial charge in [0.25, 0.3) is 0 Å². The van der Waals surface area contributed by atoms with Crippen LogP contribution in [0.4, 0.5) is 0 Å². The van der Waals surface area contributed by atoms with Crippen LogP contribution in [0.2, 0.25) is 0 Å². The van der Waals surface area contributed by atoms with E-state index in [1.54, 1.807) is 0 Å². The molecule has 0 aromatic rings. The van der Waals surface area contributed by atoms with Gasteiger partial charge in [-0.2, -0.15) is 0 Å². The molecule has 0 aromatic carbocycles. The Kier molecular flexibility index (Phi) is 8.53. The van der Waals surface area contributed by atoms with E-state index in [-0.39, 0.29) is 0 Å². The molecule has 0 heterocycles. The zero-order chi connectivity index (χ0) is 13.1. The van der Waals surface area contributed by atoms with Gasteiger partial charge in [-0.25, -0.2) is 0 Å². The summed E-state index contributed by atoms with van der Waals surface area (Å²) >= 11 is 0. The molecule has 102 valence electrons. The average Bonchev–Trinajstić information content (AvgIpc) is 2.66. The lowest BCUT2D eigenvalue weighted by Crippen LogP contribution is -2.24. The maximum atomic E-state index is 5.46. The van der Waals surface area contributed by atoms with Crippen LogP contribution in [-0.4, -0.2) is 19.6 Å². The van der Waals surface area contributed by atoms with E-state index in [1.165, 1.54) is 31.3 Å².